The maximum atomic E-state index is 11.9. The first-order valence-corrected chi connectivity index (χ1v) is 8.05. The summed E-state index contributed by atoms with van der Waals surface area (Å²) in [7, 11) is 0. The van der Waals surface area contributed by atoms with Gasteiger partial charge in [0.2, 0.25) is 0 Å². The van der Waals surface area contributed by atoms with Crippen molar-refractivity contribution < 1.29 is 14.7 Å². The number of hydrogen-bond donors (Lipinski definition) is 1. The molecule has 0 heterocycles. The molecule has 0 aliphatic rings. The second-order valence-corrected chi connectivity index (χ2v) is 6.39. The highest BCUT2D eigenvalue weighted by molar-refractivity contribution is 7.98. The van der Waals surface area contributed by atoms with Gasteiger partial charge in [-0.15, -0.1) is 11.8 Å². The fourth-order valence-corrected chi connectivity index (χ4v) is 2.85. The van der Waals surface area contributed by atoms with E-state index in [2.05, 4.69) is 0 Å². The second kappa shape index (κ2) is 7.27. The smallest absolute Gasteiger partial charge is 0.335 e. The van der Waals surface area contributed by atoms with Crippen LogP contribution in [-0.2, 0) is 5.75 Å². The molecule has 114 valence electrons. The van der Waals surface area contributed by atoms with E-state index in [1.54, 1.807) is 30.0 Å². The van der Waals surface area contributed by atoms with Crippen molar-refractivity contribution in [2.24, 2.45) is 5.92 Å². The van der Waals surface area contributed by atoms with Crippen LogP contribution in [0.3, 0.4) is 0 Å². The number of carboxylic acids is 1. The van der Waals surface area contributed by atoms with Crippen LogP contribution in [0.2, 0.25) is 0 Å². The monoisotopic (exact) mass is 314 g/mol. The number of thioether (sulfide) groups is 1. The van der Waals surface area contributed by atoms with E-state index in [9.17, 15) is 9.59 Å². The number of rotatable bonds is 6. The van der Waals surface area contributed by atoms with Crippen LogP contribution >= 0.6 is 11.8 Å². The molecule has 0 aliphatic heterocycles. The van der Waals surface area contributed by atoms with Crippen molar-refractivity contribution in [2.75, 3.05) is 0 Å². The number of carbonyl (C=O) groups is 2. The van der Waals surface area contributed by atoms with Crippen LogP contribution in [0.1, 0.15) is 40.1 Å². The number of carbonyl (C=O) groups excluding carboxylic acids is 1. The van der Waals surface area contributed by atoms with Crippen LogP contribution in [-0.4, -0.2) is 16.9 Å². The van der Waals surface area contributed by atoms with E-state index in [0.717, 1.165) is 16.0 Å². The fraction of sp³-hybridized carbons (Fsp3) is 0.222. The number of ketones is 1. The molecule has 1 N–H and O–H groups in total. The minimum Gasteiger partial charge on any atom is -0.478 e. The van der Waals surface area contributed by atoms with E-state index in [4.69, 9.17) is 5.11 Å². The van der Waals surface area contributed by atoms with Gasteiger partial charge in [-0.25, -0.2) is 4.79 Å². The van der Waals surface area contributed by atoms with Gasteiger partial charge < -0.3 is 5.11 Å². The van der Waals surface area contributed by atoms with Gasteiger partial charge in [-0.1, -0.05) is 38.1 Å². The molecule has 0 spiro atoms. The summed E-state index contributed by atoms with van der Waals surface area (Å²) in [6, 6.07) is 14.5. The first-order chi connectivity index (χ1) is 10.5. The lowest BCUT2D eigenvalue weighted by Gasteiger charge is -2.06. The standard InChI is InChI=1S/C18H18O3S/c1-12(2)17(19)14-6-8-16(9-7-14)22-11-13-4-3-5-15(10-13)18(20)21/h3-10,12H,11H2,1-2H3,(H,20,21). The van der Waals surface area contributed by atoms with Crippen molar-refractivity contribution in [1.29, 1.82) is 0 Å². The van der Waals surface area contributed by atoms with Crippen molar-refractivity contribution in [3.05, 3.63) is 65.2 Å². The Kier molecular flexibility index (Phi) is 5.39. The highest BCUT2D eigenvalue weighted by Crippen LogP contribution is 2.24. The summed E-state index contributed by atoms with van der Waals surface area (Å²) in [5, 5.41) is 8.98. The van der Waals surface area contributed by atoms with Gasteiger partial charge in [-0.2, -0.15) is 0 Å². The summed E-state index contributed by atoms with van der Waals surface area (Å²) in [5.74, 6) is -0.0788. The predicted molar refractivity (Wildman–Crippen MR) is 88.6 cm³/mol. The van der Waals surface area contributed by atoms with Crippen molar-refractivity contribution in [1.82, 2.24) is 0 Å². The minimum absolute atomic E-state index is 0.00254. The predicted octanol–water partition coefficient (Wildman–Crippen LogP) is 4.52. The number of carboxylic acid groups (broad SMARTS) is 1. The van der Waals surface area contributed by atoms with Crippen molar-refractivity contribution in [3.8, 4) is 0 Å². The van der Waals surface area contributed by atoms with Crippen molar-refractivity contribution in [2.45, 2.75) is 24.5 Å². The zero-order chi connectivity index (χ0) is 16.1. The van der Waals surface area contributed by atoms with Gasteiger partial charge >= 0.3 is 5.97 Å². The van der Waals surface area contributed by atoms with Crippen LogP contribution in [0.5, 0.6) is 0 Å². The Morgan fingerprint density at radius 2 is 1.73 bits per heavy atom. The molecule has 0 aromatic heterocycles. The second-order valence-electron chi connectivity index (χ2n) is 5.34. The molecular formula is C18H18O3S. The zero-order valence-electron chi connectivity index (χ0n) is 12.6. The van der Waals surface area contributed by atoms with Crippen molar-refractivity contribution >= 4 is 23.5 Å². The van der Waals surface area contributed by atoms with Crippen LogP contribution in [0.4, 0.5) is 0 Å². The molecule has 0 atom stereocenters. The van der Waals surface area contributed by atoms with Crippen LogP contribution in [0.15, 0.2) is 53.4 Å². The molecule has 2 aromatic carbocycles. The SMILES string of the molecule is CC(C)C(=O)c1ccc(SCc2cccc(C(=O)O)c2)cc1. The van der Waals surface area contributed by atoms with Gasteiger partial charge in [0.05, 0.1) is 5.56 Å². The number of aromatic carboxylic acids is 1. The lowest BCUT2D eigenvalue weighted by atomic mass is 10.0. The Labute approximate surface area is 134 Å². The van der Waals surface area contributed by atoms with E-state index < -0.39 is 5.97 Å². The molecule has 3 nitrogen and oxygen atoms in total. The van der Waals surface area contributed by atoms with Crippen LogP contribution in [0, 0.1) is 5.92 Å². The molecule has 0 amide bonds. The lowest BCUT2D eigenvalue weighted by Crippen LogP contribution is -2.06. The normalized spacial score (nSPS) is 10.7. The van der Waals surface area contributed by atoms with E-state index in [1.807, 2.05) is 44.2 Å². The van der Waals surface area contributed by atoms with Crippen LogP contribution in [0.25, 0.3) is 0 Å². The molecule has 0 aliphatic carbocycles. The third kappa shape index (κ3) is 4.21. The van der Waals surface area contributed by atoms with Crippen LogP contribution < -0.4 is 0 Å². The molecule has 2 rings (SSSR count). The Morgan fingerprint density at radius 3 is 2.32 bits per heavy atom. The van der Waals surface area contributed by atoms with E-state index in [1.165, 1.54) is 0 Å². The largest absolute Gasteiger partial charge is 0.478 e. The fourth-order valence-electron chi connectivity index (χ4n) is 2.01. The molecule has 0 saturated carbocycles. The molecule has 4 heteroatoms. The summed E-state index contributed by atoms with van der Waals surface area (Å²) in [5.41, 5.74) is 2.00. The minimum atomic E-state index is -0.914. The third-order valence-electron chi connectivity index (χ3n) is 3.24. The van der Waals surface area contributed by atoms with E-state index in [-0.39, 0.29) is 11.7 Å². The summed E-state index contributed by atoms with van der Waals surface area (Å²) in [6.45, 7) is 3.78. The first kappa shape index (κ1) is 16.3. The Balaban J connectivity index is 2.01. The molecular weight excluding hydrogens is 296 g/mol. The average Bonchev–Trinajstić information content (AvgIpc) is 2.53. The lowest BCUT2D eigenvalue weighted by molar-refractivity contribution is 0.0696. The van der Waals surface area contributed by atoms with Gasteiger partial charge in [-0.3, -0.25) is 4.79 Å². The summed E-state index contributed by atoms with van der Waals surface area (Å²) in [4.78, 5) is 23.9. The average molecular weight is 314 g/mol. The number of hydrogen-bond acceptors (Lipinski definition) is 3. The molecule has 22 heavy (non-hydrogen) atoms. The third-order valence-corrected chi connectivity index (χ3v) is 4.33. The van der Waals surface area contributed by atoms with Gasteiger partial charge in [0, 0.05) is 22.1 Å². The van der Waals surface area contributed by atoms with Gasteiger partial charge in [0.25, 0.3) is 0 Å². The maximum Gasteiger partial charge on any atom is 0.335 e. The molecule has 0 saturated heterocycles. The maximum absolute atomic E-state index is 11.9. The molecule has 0 bridgehead atoms. The van der Waals surface area contributed by atoms with E-state index >= 15 is 0 Å². The Hall–Kier alpha value is -2.07. The zero-order valence-corrected chi connectivity index (χ0v) is 13.4. The number of Topliss-reactive ketones (excluding diaryl/α,β-unsaturated/α-hetero) is 1. The molecule has 0 fully saturated rings. The van der Waals surface area contributed by atoms with Gasteiger partial charge in [0.15, 0.2) is 5.78 Å². The summed E-state index contributed by atoms with van der Waals surface area (Å²) in [6.07, 6.45) is 0. The van der Waals surface area contributed by atoms with E-state index in [0.29, 0.717) is 11.3 Å². The molecule has 2 aromatic rings. The van der Waals surface area contributed by atoms with Crippen molar-refractivity contribution in [3.63, 3.8) is 0 Å². The number of benzene rings is 2. The Morgan fingerprint density at radius 1 is 1.05 bits per heavy atom. The molecule has 0 unspecified atom stereocenters. The van der Waals surface area contributed by atoms with Gasteiger partial charge in [0.1, 0.15) is 0 Å². The topological polar surface area (TPSA) is 54.4 Å². The Bertz CT molecular complexity index is 675. The summed E-state index contributed by atoms with van der Waals surface area (Å²) >= 11 is 1.62. The van der Waals surface area contributed by atoms with Gasteiger partial charge in [-0.05, 0) is 29.8 Å². The quantitative estimate of drug-likeness (QED) is 0.629. The highest BCUT2D eigenvalue weighted by atomic mass is 32.2. The first-order valence-electron chi connectivity index (χ1n) is 7.06. The summed E-state index contributed by atoms with van der Waals surface area (Å²) < 4.78 is 0. The highest BCUT2D eigenvalue weighted by Gasteiger charge is 2.10. The molecule has 0 radical (unpaired) electrons.